The van der Waals surface area contributed by atoms with Crippen LogP contribution in [0.5, 0.6) is 0 Å². The van der Waals surface area contributed by atoms with Gasteiger partial charge < -0.3 is 21.3 Å². The highest BCUT2D eigenvalue weighted by Gasteiger charge is 2.38. The summed E-state index contributed by atoms with van der Waals surface area (Å²) in [4.78, 5) is 13.7. The number of sulfone groups is 1. The van der Waals surface area contributed by atoms with Gasteiger partial charge in [0.05, 0.1) is 23.4 Å². The van der Waals surface area contributed by atoms with Crippen molar-refractivity contribution in [1.82, 2.24) is 4.98 Å². The molecule has 9 nitrogen and oxygen atoms in total. The Morgan fingerprint density at radius 3 is 2.32 bits per heavy atom. The van der Waals surface area contributed by atoms with Crippen molar-refractivity contribution in [1.29, 1.82) is 5.41 Å². The number of thiophene rings is 1. The van der Waals surface area contributed by atoms with Crippen LogP contribution >= 0.6 is 39.0 Å². The van der Waals surface area contributed by atoms with Crippen molar-refractivity contribution in [2.75, 3.05) is 24.7 Å². The zero-order valence-corrected chi connectivity index (χ0v) is 22.1. The van der Waals surface area contributed by atoms with E-state index in [0.29, 0.717) is 25.9 Å². The summed E-state index contributed by atoms with van der Waals surface area (Å²) in [6, 6.07) is 2.92. The highest BCUT2D eigenvalue weighted by molar-refractivity contribution is 9.10. The van der Waals surface area contributed by atoms with E-state index in [1.54, 1.807) is 6.26 Å². The van der Waals surface area contributed by atoms with Crippen molar-refractivity contribution in [3.05, 3.63) is 27.7 Å². The molecule has 0 fully saturated rings. The molecular formula is C18H22BrF3N4O5S3. The quantitative estimate of drug-likeness (QED) is 0.170. The number of aliphatic hydroxyl groups is 1. The van der Waals surface area contributed by atoms with Gasteiger partial charge in [0.25, 0.3) is 0 Å². The standard InChI is InChI=1S/C16H21BrN4O3S3.C2HF3O2/c1-16(2,8-22)7-21-14-10(17)4-9(6-20-14)27(23,24)12-5-11(13(18)19)26-15(12)25-3;3-2(4,5)1(6)7/h4-6,22H,7-8H2,1-3H3,(H3,18,19)(H,20,21);(H,6,7). The number of aliphatic hydroxyl groups excluding tert-OH is 1. The van der Waals surface area contributed by atoms with Crippen LogP contribution in [-0.4, -0.2) is 61.0 Å². The first-order chi connectivity index (χ1) is 15.5. The fraction of sp³-hybridized carbons (Fsp3) is 0.389. The van der Waals surface area contributed by atoms with Gasteiger partial charge in [0.15, 0.2) is 0 Å². The molecule has 0 saturated heterocycles. The van der Waals surface area contributed by atoms with E-state index in [1.165, 1.54) is 41.4 Å². The predicted octanol–water partition coefficient (Wildman–Crippen LogP) is 3.81. The molecule has 0 aliphatic carbocycles. The third-order valence-corrected chi connectivity index (χ3v) is 8.85. The van der Waals surface area contributed by atoms with Crippen LogP contribution in [-0.2, 0) is 14.6 Å². The van der Waals surface area contributed by atoms with E-state index in [-0.39, 0.29) is 27.6 Å². The Morgan fingerprint density at radius 2 is 1.91 bits per heavy atom. The maximum atomic E-state index is 13.0. The minimum Gasteiger partial charge on any atom is -0.475 e. The molecule has 2 rings (SSSR count). The van der Waals surface area contributed by atoms with E-state index in [1.807, 2.05) is 13.8 Å². The largest absolute Gasteiger partial charge is 0.490 e. The van der Waals surface area contributed by atoms with Crippen molar-refractivity contribution in [2.45, 2.75) is 34.0 Å². The van der Waals surface area contributed by atoms with Crippen LogP contribution in [0.15, 0.2) is 36.8 Å². The molecule has 0 bridgehead atoms. The van der Waals surface area contributed by atoms with E-state index >= 15 is 0 Å². The molecule has 0 atom stereocenters. The summed E-state index contributed by atoms with van der Waals surface area (Å²) in [6.07, 6.45) is -2.01. The van der Waals surface area contributed by atoms with Gasteiger partial charge in [-0.15, -0.1) is 23.1 Å². The molecule has 190 valence electrons. The summed E-state index contributed by atoms with van der Waals surface area (Å²) in [5.74, 6) is -2.43. The van der Waals surface area contributed by atoms with E-state index in [9.17, 15) is 26.7 Å². The molecule has 0 amide bonds. The summed E-state index contributed by atoms with van der Waals surface area (Å²) in [6.45, 7) is 4.29. The second-order valence-electron chi connectivity index (χ2n) is 7.36. The number of carboxylic acids is 1. The third-order valence-electron chi connectivity index (χ3n) is 3.94. The molecule has 0 aliphatic rings. The average Bonchev–Trinajstić information content (AvgIpc) is 3.18. The van der Waals surface area contributed by atoms with Gasteiger partial charge in [0.1, 0.15) is 11.7 Å². The first kappa shape index (κ1) is 30.2. The van der Waals surface area contributed by atoms with Crippen LogP contribution < -0.4 is 11.1 Å². The number of nitrogens with two attached hydrogens (primary N) is 1. The van der Waals surface area contributed by atoms with Gasteiger partial charge >= 0.3 is 12.1 Å². The summed E-state index contributed by atoms with van der Waals surface area (Å²) in [5, 5.41) is 27.1. The summed E-state index contributed by atoms with van der Waals surface area (Å²) in [5.41, 5.74) is 5.17. The second kappa shape index (κ2) is 11.7. The van der Waals surface area contributed by atoms with Crippen molar-refractivity contribution in [2.24, 2.45) is 11.1 Å². The zero-order valence-electron chi connectivity index (χ0n) is 18.0. The Morgan fingerprint density at radius 1 is 1.35 bits per heavy atom. The van der Waals surface area contributed by atoms with Gasteiger partial charge in [-0.05, 0) is 34.3 Å². The number of hydrogen-bond acceptors (Lipinski definition) is 9. The maximum absolute atomic E-state index is 13.0. The molecule has 0 saturated carbocycles. The van der Waals surface area contributed by atoms with Gasteiger partial charge in [-0.2, -0.15) is 13.2 Å². The monoisotopic (exact) mass is 606 g/mol. The highest BCUT2D eigenvalue weighted by atomic mass is 79.9. The minimum atomic E-state index is -5.08. The number of amidine groups is 1. The number of halogens is 4. The Kier molecular flexibility index (Phi) is 10.4. The van der Waals surface area contributed by atoms with Gasteiger partial charge in [0, 0.05) is 24.8 Å². The molecule has 0 unspecified atom stereocenters. The van der Waals surface area contributed by atoms with Crippen molar-refractivity contribution < 1.29 is 36.6 Å². The van der Waals surface area contributed by atoms with Gasteiger partial charge in [0.2, 0.25) is 9.84 Å². The van der Waals surface area contributed by atoms with Gasteiger partial charge in [-0.3, -0.25) is 5.41 Å². The molecule has 0 aliphatic heterocycles. The van der Waals surface area contributed by atoms with E-state index in [0.717, 1.165) is 0 Å². The van der Waals surface area contributed by atoms with Crippen molar-refractivity contribution in [3.63, 3.8) is 0 Å². The zero-order chi connectivity index (χ0) is 26.5. The number of carboxylic acid groups (broad SMARTS) is 1. The van der Waals surface area contributed by atoms with Crippen LogP contribution in [0.2, 0.25) is 0 Å². The van der Waals surface area contributed by atoms with Crippen LogP contribution in [0.1, 0.15) is 18.7 Å². The number of hydrogen-bond donors (Lipinski definition) is 5. The fourth-order valence-electron chi connectivity index (χ4n) is 2.02. The first-order valence-corrected chi connectivity index (χ1v) is 13.4. The lowest BCUT2D eigenvalue weighted by Gasteiger charge is -2.22. The number of rotatable bonds is 8. The molecule has 2 aromatic heterocycles. The molecule has 34 heavy (non-hydrogen) atoms. The third kappa shape index (κ3) is 8.11. The second-order valence-corrected chi connectivity index (χ2v) is 12.3. The normalized spacial score (nSPS) is 12.0. The number of nitrogens with zero attached hydrogens (tertiary/aromatic N) is 1. The molecule has 2 aromatic rings. The number of carbonyl (C=O) groups is 1. The Labute approximate surface area is 210 Å². The first-order valence-electron chi connectivity index (χ1n) is 9.04. The molecule has 2 heterocycles. The topological polar surface area (TPSA) is 166 Å². The number of pyridine rings is 1. The summed E-state index contributed by atoms with van der Waals surface area (Å²) < 4.78 is 58.9. The van der Waals surface area contributed by atoms with Crippen LogP contribution in [0.25, 0.3) is 0 Å². The van der Waals surface area contributed by atoms with Gasteiger partial charge in [-0.25, -0.2) is 18.2 Å². The Hall–Kier alpha value is -1.88. The average molecular weight is 607 g/mol. The number of anilines is 1. The minimum absolute atomic E-state index is 0.0121. The number of alkyl halides is 3. The molecule has 0 spiro atoms. The lowest BCUT2D eigenvalue weighted by atomic mass is 9.95. The molecular weight excluding hydrogens is 585 g/mol. The predicted molar refractivity (Wildman–Crippen MR) is 128 cm³/mol. The number of nitrogens with one attached hydrogen (secondary N) is 2. The van der Waals surface area contributed by atoms with Crippen LogP contribution in [0, 0.1) is 10.8 Å². The SMILES string of the molecule is CSc1sc(C(=N)N)cc1S(=O)(=O)c1cnc(NCC(C)(C)CO)c(Br)c1.O=C(O)C(F)(F)F. The summed E-state index contributed by atoms with van der Waals surface area (Å²) in [7, 11) is -3.80. The Balaban J connectivity index is 0.000000718. The summed E-state index contributed by atoms with van der Waals surface area (Å²) >= 11 is 5.83. The molecule has 0 aromatic carbocycles. The van der Waals surface area contributed by atoms with Crippen molar-refractivity contribution in [3.8, 4) is 0 Å². The Bertz CT molecular complexity index is 1150. The lowest BCUT2D eigenvalue weighted by Crippen LogP contribution is -2.27. The number of nitrogen functional groups attached to an aromatic ring is 1. The van der Waals surface area contributed by atoms with Crippen LogP contribution in [0.4, 0.5) is 19.0 Å². The number of aliphatic carboxylic acids is 1. The lowest BCUT2D eigenvalue weighted by molar-refractivity contribution is -0.192. The number of aromatic nitrogens is 1. The smallest absolute Gasteiger partial charge is 0.475 e. The maximum Gasteiger partial charge on any atom is 0.490 e. The van der Waals surface area contributed by atoms with Crippen molar-refractivity contribution >= 4 is 66.5 Å². The van der Waals surface area contributed by atoms with E-state index in [4.69, 9.17) is 21.0 Å². The van der Waals surface area contributed by atoms with E-state index < -0.39 is 22.0 Å². The van der Waals surface area contributed by atoms with Crippen LogP contribution in [0.3, 0.4) is 0 Å². The van der Waals surface area contributed by atoms with Gasteiger partial charge in [-0.1, -0.05) is 13.8 Å². The molecule has 16 heteroatoms. The molecule has 0 radical (unpaired) electrons. The molecule has 6 N–H and O–H groups in total. The van der Waals surface area contributed by atoms with E-state index in [2.05, 4.69) is 26.2 Å². The fourth-order valence-corrected chi connectivity index (χ4v) is 6.49. The highest BCUT2D eigenvalue weighted by Crippen LogP contribution is 2.37. The number of thioether (sulfide) groups is 1.